The Morgan fingerprint density at radius 2 is 1.90 bits per heavy atom. The van der Waals surface area contributed by atoms with Gasteiger partial charge in [-0.05, 0) is 62.1 Å². The summed E-state index contributed by atoms with van der Waals surface area (Å²) in [5.41, 5.74) is 1.61. The topological polar surface area (TPSA) is 64.4 Å². The molecule has 6 heteroatoms. The number of oxazole rings is 1. The number of aryl methyl sites for hydroxylation is 1. The summed E-state index contributed by atoms with van der Waals surface area (Å²) in [6, 6.07) is 14.9. The average molecular weight is 411 g/mol. The van der Waals surface area contributed by atoms with Gasteiger partial charge in [-0.15, -0.1) is 0 Å². The summed E-state index contributed by atoms with van der Waals surface area (Å²) in [7, 11) is 0. The molecule has 5 nitrogen and oxygen atoms in total. The predicted octanol–water partition coefficient (Wildman–Crippen LogP) is 5.89. The van der Waals surface area contributed by atoms with Gasteiger partial charge in [-0.25, -0.2) is 4.98 Å². The molecule has 1 saturated carbocycles. The molecule has 1 amide bonds. The Kier molecular flexibility index (Phi) is 6.15. The highest BCUT2D eigenvalue weighted by atomic mass is 35.5. The number of hydrogen-bond acceptors (Lipinski definition) is 4. The molecule has 4 rings (SSSR count). The van der Waals surface area contributed by atoms with E-state index in [1.54, 1.807) is 18.3 Å². The highest BCUT2D eigenvalue weighted by Gasteiger charge is 2.18. The molecule has 2 aromatic carbocycles. The number of benzene rings is 2. The van der Waals surface area contributed by atoms with Crippen molar-refractivity contribution < 1.29 is 13.9 Å². The number of nitrogens with zero attached hydrogens (tertiary/aromatic N) is 1. The van der Waals surface area contributed by atoms with Crippen molar-refractivity contribution >= 4 is 23.2 Å². The van der Waals surface area contributed by atoms with Crippen LogP contribution in [0.25, 0.3) is 11.3 Å². The fourth-order valence-electron chi connectivity index (χ4n) is 3.47. The fourth-order valence-corrected chi connectivity index (χ4v) is 3.59. The summed E-state index contributed by atoms with van der Waals surface area (Å²) in [6.45, 7) is 0. The monoisotopic (exact) mass is 410 g/mol. The number of halogens is 1. The van der Waals surface area contributed by atoms with Gasteiger partial charge in [-0.3, -0.25) is 4.79 Å². The predicted molar refractivity (Wildman–Crippen MR) is 113 cm³/mol. The van der Waals surface area contributed by atoms with Crippen LogP contribution in [0.1, 0.15) is 38.0 Å². The van der Waals surface area contributed by atoms with Gasteiger partial charge in [-0.1, -0.05) is 23.7 Å². The minimum atomic E-state index is -0.0984. The van der Waals surface area contributed by atoms with Crippen LogP contribution in [0.4, 0.5) is 5.69 Å². The number of anilines is 1. The lowest BCUT2D eigenvalue weighted by atomic mass is 10.2. The zero-order valence-corrected chi connectivity index (χ0v) is 16.8. The molecule has 1 aliphatic carbocycles. The van der Waals surface area contributed by atoms with Crippen molar-refractivity contribution in [2.45, 2.75) is 44.6 Å². The van der Waals surface area contributed by atoms with E-state index in [0.717, 1.165) is 24.2 Å². The molecule has 29 heavy (non-hydrogen) atoms. The van der Waals surface area contributed by atoms with Crippen LogP contribution in [0.5, 0.6) is 5.75 Å². The van der Waals surface area contributed by atoms with Gasteiger partial charge in [-0.2, -0.15) is 0 Å². The molecule has 0 spiro atoms. The fraction of sp³-hybridized carbons (Fsp3) is 0.304. The maximum Gasteiger partial charge on any atom is 0.224 e. The highest BCUT2D eigenvalue weighted by molar-refractivity contribution is 6.30. The van der Waals surface area contributed by atoms with Crippen molar-refractivity contribution in [2.75, 3.05) is 5.32 Å². The normalized spacial score (nSPS) is 14.1. The largest absolute Gasteiger partial charge is 0.488 e. The van der Waals surface area contributed by atoms with Crippen LogP contribution in [-0.4, -0.2) is 17.0 Å². The Labute approximate surface area is 175 Å². The summed E-state index contributed by atoms with van der Waals surface area (Å²) in [5, 5.41) is 3.62. The maximum atomic E-state index is 12.4. The zero-order chi connectivity index (χ0) is 20.1. The van der Waals surface area contributed by atoms with E-state index in [-0.39, 0.29) is 18.4 Å². The van der Waals surface area contributed by atoms with Gasteiger partial charge in [0.2, 0.25) is 5.91 Å². The van der Waals surface area contributed by atoms with E-state index in [1.165, 1.54) is 12.8 Å². The van der Waals surface area contributed by atoms with E-state index < -0.39 is 0 Å². The van der Waals surface area contributed by atoms with Crippen molar-refractivity contribution in [3.63, 3.8) is 0 Å². The van der Waals surface area contributed by atoms with Crippen LogP contribution in [-0.2, 0) is 11.2 Å². The Morgan fingerprint density at radius 1 is 1.14 bits per heavy atom. The van der Waals surface area contributed by atoms with Gasteiger partial charge < -0.3 is 14.5 Å². The average Bonchev–Trinajstić information content (AvgIpc) is 3.41. The van der Waals surface area contributed by atoms with E-state index >= 15 is 0 Å². The third-order valence-corrected chi connectivity index (χ3v) is 5.26. The third kappa shape index (κ3) is 5.18. The van der Waals surface area contributed by atoms with E-state index in [2.05, 4.69) is 10.3 Å². The van der Waals surface area contributed by atoms with Gasteiger partial charge in [0.1, 0.15) is 5.75 Å². The third-order valence-electron chi connectivity index (χ3n) is 5.01. The van der Waals surface area contributed by atoms with Gasteiger partial charge >= 0.3 is 0 Å². The quantitative estimate of drug-likeness (QED) is 0.527. The molecule has 150 valence electrons. The van der Waals surface area contributed by atoms with Gasteiger partial charge in [0, 0.05) is 23.4 Å². The van der Waals surface area contributed by atoms with Gasteiger partial charge in [0.15, 0.2) is 11.7 Å². The van der Waals surface area contributed by atoms with Gasteiger partial charge in [0.05, 0.1) is 18.0 Å². The van der Waals surface area contributed by atoms with Crippen molar-refractivity contribution in [3.05, 3.63) is 65.6 Å². The lowest BCUT2D eigenvalue weighted by Gasteiger charge is -2.16. The van der Waals surface area contributed by atoms with Crippen LogP contribution >= 0.6 is 11.6 Å². The minimum Gasteiger partial charge on any atom is -0.488 e. The summed E-state index contributed by atoms with van der Waals surface area (Å²) in [5.74, 6) is 1.82. The van der Waals surface area contributed by atoms with Crippen LogP contribution in [0.2, 0.25) is 5.02 Å². The second kappa shape index (κ2) is 9.14. The molecule has 3 aromatic rings. The highest BCUT2D eigenvalue weighted by Crippen LogP contribution is 2.30. The number of hydrogen-bond donors (Lipinski definition) is 1. The standard InChI is InChI=1S/C23H23ClN2O3/c24-17-11-9-16(10-12-17)21-15-25-23(29-21)14-13-22(27)26-19-7-3-4-8-20(19)28-18-5-1-2-6-18/h3-4,7-12,15,18H,1-2,5-6,13-14H2,(H,26,27). The molecule has 1 aliphatic rings. The second-order valence-electron chi connectivity index (χ2n) is 7.19. The smallest absolute Gasteiger partial charge is 0.224 e. The number of rotatable bonds is 7. The molecular weight excluding hydrogens is 388 g/mol. The number of amides is 1. The number of para-hydroxylation sites is 2. The second-order valence-corrected chi connectivity index (χ2v) is 7.63. The maximum absolute atomic E-state index is 12.4. The van der Waals surface area contributed by atoms with Crippen molar-refractivity contribution in [1.29, 1.82) is 0 Å². The molecule has 0 radical (unpaired) electrons. The van der Waals surface area contributed by atoms with E-state index in [4.69, 9.17) is 20.8 Å². The molecule has 1 N–H and O–H groups in total. The zero-order valence-electron chi connectivity index (χ0n) is 16.1. The molecule has 0 saturated heterocycles. The Balaban J connectivity index is 1.33. The lowest BCUT2D eigenvalue weighted by molar-refractivity contribution is -0.116. The number of aromatic nitrogens is 1. The number of carbonyl (C=O) groups is 1. The summed E-state index contributed by atoms with van der Waals surface area (Å²) >= 11 is 5.91. The molecule has 0 atom stereocenters. The first kappa shape index (κ1) is 19.5. The minimum absolute atomic E-state index is 0.0984. The summed E-state index contributed by atoms with van der Waals surface area (Å²) in [4.78, 5) is 16.7. The van der Waals surface area contributed by atoms with Crippen molar-refractivity contribution in [2.24, 2.45) is 0 Å². The first-order valence-electron chi connectivity index (χ1n) is 9.93. The molecule has 0 unspecified atom stereocenters. The molecule has 0 bridgehead atoms. The van der Waals surface area contributed by atoms with Crippen molar-refractivity contribution in [1.82, 2.24) is 4.98 Å². The molecule has 1 fully saturated rings. The van der Waals surface area contributed by atoms with E-state index in [0.29, 0.717) is 28.8 Å². The van der Waals surface area contributed by atoms with Gasteiger partial charge in [0.25, 0.3) is 0 Å². The SMILES string of the molecule is O=C(CCc1ncc(-c2ccc(Cl)cc2)o1)Nc1ccccc1OC1CCCC1. The van der Waals surface area contributed by atoms with Crippen molar-refractivity contribution in [3.8, 4) is 17.1 Å². The Bertz CT molecular complexity index is 962. The van der Waals surface area contributed by atoms with Crippen LogP contribution < -0.4 is 10.1 Å². The van der Waals surface area contributed by atoms with E-state index in [9.17, 15) is 4.79 Å². The molecule has 1 heterocycles. The first-order chi connectivity index (χ1) is 14.2. The first-order valence-corrected chi connectivity index (χ1v) is 10.3. The van der Waals surface area contributed by atoms with Crippen LogP contribution in [0, 0.1) is 0 Å². The summed E-state index contributed by atoms with van der Waals surface area (Å²) in [6.07, 6.45) is 7.16. The lowest BCUT2D eigenvalue weighted by Crippen LogP contribution is -2.16. The number of carbonyl (C=O) groups excluding carboxylic acids is 1. The Morgan fingerprint density at radius 3 is 2.69 bits per heavy atom. The van der Waals surface area contributed by atoms with E-state index in [1.807, 2.05) is 36.4 Å². The molecule has 0 aliphatic heterocycles. The summed E-state index contributed by atoms with van der Waals surface area (Å²) < 4.78 is 11.8. The molecule has 1 aromatic heterocycles. The number of nitrogens with one attached hydrogen (secondary N) is 1. The molecular formula is C23H23ClN2O3. The Hall–Kier alpha value is -2.79. The van der Waals surface area contributed by atoms with Crippen LogP contribution in [0.15, 0.2) is 59.1 Å². The number of ether oxygens (including phenoxy) is 1. The van der Waals surface area contributed by atoms with Crippen LogP contribution in [0.3, 0.4) is 0 Å².